The molecule has 6 atom stereocenters. The number of hydrogen-bond donors (Lipinski definition) is 1. The van der Waals surface area contributed by atoms with Crippen molar-refractivity contribution in [2.75, 3.05) is 0 Å². The summed E-state index contributed by atoms with van der Waals surface area (Å²) >= 11 is 0. The normalized spacial score (nSPS) is 40.3. The van der Waals surface area contributed by atoms with Gasteiger partial charge in [0.05, 0.1) is 6.10 Å². The van der Waals surface area contributed by atoms with E-state index in [1.54, 1.807) is 13.0 Å². The van der Waals surface area contributed by atoms with E-state index in [0.29, 0.717) is 24.0 Å². The SMILES string of the molecule is CC[C@H]1OC(=O)/C(C)=C/[C@H](C)[C@@H](O)[C@@H](C)C[C@@H](C)C(=O)/C(C)=C/[C@H]1C. The molecular weight excluding hydrogens is 316 g/mol. The first-order valence-corrected chi connectivity index (χ1v) is 9.38. The maximum absolute atomic E-state index is 12.6. The van der Waals surface area contributed by atoms with Crippen LogP contribution in [0.5, 0.6) is 0 Å². The lowest BCUT2D eigenvalue weighted by atomic mass is 9.83. The van der Waals surface area contributed by atoms with Gasteiger partial charge in [0.15, 0.2) is 5.78 Å². The molecule has 142 valence electrons. The van der Waals surface area contributed by atoms with E-state index in [9.17, 15) is 14.7 Å². The fourth-order valence-corrected chi connectivity index (χ4v) is 3.65. The van der Waals surface area contributed by atoms with Crippen molar-refractivity contribution in [1.29, 1.82) is 0 Å². The topological polar surface area (TPSA) is 63.6 Å². The average Bonchev–Trinajstić information content (AvgIpc) is 2.56. The summed E-state index contributed by atoms with van der Waals surface area (Å²) in [6, 6.07) is 0. The Hall–Kier alpha value is -1.42. The van der Waals surface area contributed by atoms with Crippen LogP contribution >= 0.6 is 0 Å². The number of carbonyl (C=O) groups is 2. The summed E-state index contributed by atoms with van der Waals surface area (Å²) in [7, 11) is 0. The van der Waals surface area contributed by atoms with Crippen molar-refractivity contribution in [2.45, 2.75) is 73.5 Å². The van der Waals surface area contributed by atoms with Gasteiger partial charge in [0.25, 0.3) is 0 Å². The Kier molecular flexibility index (Phi) is 8.07. The van der Waals surface area contributed by atoms with Gasteiger partial charge in [0, 0.05) is 23.3 Å². The Balaban J connectivity index is 3.23. The van der Waals surface area contributed by atoms with Gasteiger partial charge in [-0.1, -0.05) is 46.8 Å². The lowest BCUT2D eigenvalue weighted by molar-refractivity contribution is -0.146. The monoisotopic (exact) mass is 350 g/mol. The largest absolute Gasteiger partial charge is 0.458 e. The van der Waals surface area contributed by atoms with E-state index in [1.807, 2.05) is 47.6 Å². The molecule has 0 aromatic rings. The van der Waals surface area contributed by atoms with Gasteiger partial charge in [0.2, 0.25) is 0 Å². The van der Waals surface area contributed by atoms with Crippen LogP contribution in [0.2, 0.25) is 0 Å². The van der Waals surface area contributed by atoms with E-state index >= 15 is 0 Å². The smallest absolute Gasteiger partial charge is 0.333 e. The van der Waals surface area contributed by atoms with Gasteiger partial charge >= 0.3 is 5.97 Å². The molecule has 0 aliphatic carbocycles. The van der Waals surface area contributed by atoms with Gasteiger partial charge in [-0.15, -0.1) is 0 Å². The number of allylic oxidation sites excluding steroid dienone is 1. The molecule has 4 heteroatoms. The molecule has 4 nitrogen and oxygen atoms in total. The molecule has 0 radical (unpaired) electrons. The number of aliphatic hydroxyl groups is 1. The van der Waals surface area contributed by atoms with Crippen molar-refractivity contribution in [3.8, 4) is 0 Å². The molecule has 1 heterocycles. The molecule has 0 aromatic carbocycles. The molecule has 0 unspecified atom stereocenters. The van der Waals surface area contributed by atoms with E-state index in [0.717, 1.165) is 0 Å². The van der Waals surface area contributed by atoms with Gasteiger partial charge in [-0.05, 0) is 38.2 Å². The van der Waals surface area contributed by atoms with Gasteiger partial charge < -0.3 is 9.84 Å². The summed E-state index contributed by atoms with van der Waals surface area (Å²) in [4.78, 5) is 25.0. The second-order valence-electron chi connectivity index (χ2n) is 7.74. The summed E-state index contributed by atoms with van der Waals surface area (Å²) in [5, 5.41) is 10.5. The summed E-state index contributed by atoms with van der Waals surface area (Å²) in [6.07, 6.45) is 4.12. The molecule has 0 saturated carbocycles. The maximum Gasteiger partial charge on any atom is 0.333 e. The number of carbonyl (C=O) groups excluding carboxylic acids is 2. The first kappa shape index (κ1) is 21.6. The quantitative estimate of drug-likeness (QED) is 0.724. The van der Waals surface area contributed by atoms with Gasteiger partial charge in [-0.3, -0.25) is 4.79 Å². The van der Waals surface area contributed by atoms with Crippen LogP contribution < -0.4 is 0 Å². The lowest BCUT2D eigenvalue weighted by Gasteiger charge is -2.27. The number of esters is 1. The highest BCUT2D eigenvalue weighted by atomic mass is 16.5. The predicted molar refractivity (Wildman–Crippen MR) is 100.0 cm³/mol. The number of Topliss-reactive ketones (excluding diaryl/α,β-unsaturated/α-hetero) is 1. The van der Waals surface area contributed by atoms with Crippen LogP contribution in [0, 0.1) is 23.7 Å². The molecule has 0 spiro atoms. The van der Waals surface area contributed by atoms with E-state index in [2.05, 4.69) is 0 Å². The summed E-state index contributed by atoms with van der Waals surface area (Å²) < 4.78 is 5.65. The Bertz CT molecular complexity index is 546. The highest BCUT2D eigenvalue weighted by molar-refractivity contribution is 5.96. The first-order valence-electron chi connectivity index (χ1n) is 9.38. The van der Waals surface area contributed by atoms with Crippen molar-refractivity contribution >= 4 is 11.8 Å². The van der Waals surface area contributed by atoms with Crippen molar-refractivity contribution in [3.05, 3.63) is 23.3 Å². The van der Waals surface area contributed by atoms with Gasteiger partial charge in [-0.25, -0.2) is 4.79 Å². The third kappa shape index (κ3) is 5.81. The second-order valence-corrected chi connectivity index (χ2v) is 7.74. The third-order valence-corrected chi connectivity index (χ3v) is 5.28. The molecule has 0 aromatic heterocycles. The van der Waals surface area contributed by atoms with Crippen molar-refractivity contribution < 1.29 is 19.4 Å². The zero-order valence-corrected chi connectivity index (χ0v) is 16.7. The highest BCUT2D eigenvalue weighted by Gasteiger charge is 2.27. The van der Waals surface area contributed by atoms with Crippen LogP contribution in [0.3, 0.4) is 0 Å². The highest BCUT2D eigenvalue weighted by Crippen LogP contribution is 2.26. The minimum Gasteiger partial charge on any atom is -0.458 e. The van der Waals surface area contributed by atoms with Crippen molar-refractivity contribution in [1.82, 2.24) is 0 Å². The van der Waals surface area contributed by atoms with Crippen LogP contribution in [-0.4, -0.2) is 29.1 Å². The molecule has 25 heavy (non-hydrogen) atoms. The zero-order valence-electron chi connectivity index (χ0n) is 16.7. The first-order chi connectivity index (χ1) is 11.6. The number of aliphatic hydroxyl groups excluding tert-OH is 1. The Morgan fingerprint density at radius 1 is 1.04 bits per heavy atom. The minimum absolute atomic E-state index is 0.0266. The summed E-state index contributed by atoms with van der Waals surface area (Å²) in [6.45, 7) is 13.3. The number of hydrogen-bond acceptors (Lipinski definition) is 4. The van der Waals surface area contributed by atoms with Crippen LogP contribution in [0.4, 0.5) is 0 Å². The van der Waals surface area contributed by atoms with Crippen LogP contribution in [0.25, 0.3) is 0 Å². The number of ketones is 1. The Labute approximate surface area is 152 Å². The van der Waals surface area contributed by atoms with Gasteiger partial charge in [-0.2, -0.15) is 0 Å². The third-order valence-electron chi connectivity index (χ3n) is 5.28. The van der Waals surface area contributed by atoms with E-state index in [1.165, 1.54) is 0 Å². The number of rotatable bonds is 1. The standard InChI is InChI=1S/C21H34O4/c1-8-18-12(2)9-13(3)19(22)14(4)10-15(5)20(23)16(6)11-17(7)21(24)25-18/h9,11-12,14-16,18,20,23H,8,10H2,1-7H3/b13-9+,17-11+/t12-,14-,15+,16+,18-,20+/m1/s1. The second kappa shape index (κ2) is 9.33. The molecule has 0 fully saturated rings. The molecule has 0 amide bonds. The Morgan fingerprint density at radius 3 is 2.16 bits per heavy atom. The molecule has 1 rings (SSSR count). The van der Waals surface area contributed by atoms with E-state index in [4.69, 9.17) is 4.74 Å². The number of cyclic esters (lactones) is 1. The summed E-state index contributed by atoms with van der Waals surface area (Å²) in [5.74, 6) is -0.638. The molecule has 1 aliphatic rings. The van der Waals surface area contributed by atoms with Crippen LogP contribution in [-0.2, 0) is 14.3 Å². The predicted octanol–water partition coefficient (Wildman–Crippen LogP) is 4.08. The van der Waals surface area contributed by atoms with Crippen LogP contribution in [0.15, 0.2) is 23.3 Å². The van der Waals surface area contributed by atoms with E-state index in [-0.39, 0.29) is 41.5 Å². The van der Waals surface area contributed by atoms with E-state index < -0.39 is 6.10 Å². The molecule has 0 saturated heterocycles. The number of ether oxygens (including phenoxy) is 1. The molecule has 1 aliphatic heterocycles. The molecular formula is C21H34O4. The Morgan fingerprint density at radius 2 is 1.60 bits per heavy atom. The fourth-order valence-electron chi connectivity index (χ4n) is 3.65. The fraction of sp³-hybridized carbons (Fsp3) is 0.714. The minimum atomic E-state index is -0.605. The average molecular weight is 350 g/mol. The maximum atomic E-state index is 12.6. The lowest BCUT2D eigenvalue weighted by Crippen LogP contribution is -2.30. The van der Waals surface area contributed by atoms with Crippen LogP contribution in [0.1, 0.15) is 61.3 Å². The summed E-state index contributed by atoms with van der Waals surface area (Å²) in [5.41, 5.74) is 1.22. The molecule has 1 N–H and O–H groups in total. The molecule has 0 bridgehead atoms. The van der Waals surface area contributed by atoms with Gasteiger partial charge in [0.1, 0.15) is 6.10 Å². The van der Waals surface area contributed by atoms with Crippen molar-refractivity contribution in [3.63, 3.8) is 0 Å². The zero-order chi connectivity index (χ0) is 19.3. The van der Waals surface area contributed by atoms with Crippen molar-refractivity contribution in [2.24, 2.45) is 23.7 Å².